The van der Waals surface area contributed by atoms with E-state index in [1.165, 1.54) is 0 Å². The van der Waals surface area contributed by atoms with Crippen molar-refractivity contribution < 1.29 is 9.53 Å². The molecular formula is C15H18ClN3O2. The molecule has 1 amide bonds. The number of ether oxygens (including phenoxy) is 1. The number of nitrogens with zero attached hydrogens (tertiary/aromatic N) is 3. The molecule has 0 radical (unpaired) electrons. The number of rotatable bonds is 3. The maximum atomic E-state index is 12.4. The fourth-order valence-electron chi connectivity index (χ4n) is 2.93. The Bertz CT molecular complexity index is 696. The van der Waals surface area contributed by atoms with Crippen LogP contribution in [-0.4, -0.2) is 41.1 Å². The molecule has 1 saturated heterocycles. The molecule has 1 fully saturated rings. The molecule has 3 rings (SSSR count). The molecule has 2 unspecified atom stereocenters. The summed E-state index contributed by atoms with van der Waals surface area (Å²) >= 11 is 6.29. The van der Waals surface area contributed by atoms with Crippen molar-refractivity contribution in [3.05, 3.63) is 24.0 Å². The number of aromatic nitrogens is 2. The Labute approximate surface area is 128 Å². The second-order valence-electron chi connectivity index (χ2n) is 5.35. The Morgan fingerprint density at radius 1 is 1.48 bits per heavy atom. The van der Waals surface area contributed by atoms with Crippen molar-refractivity contribution in [2.24, 2.45) is 0 Å². The fourth-order valence-corrected chi connectivity index (χ4v) is 3.08. The van der Waals surface area contributed by atoms with Crippen molar-refractivity contribution in [3.63, 3.8) is 0 Å². The number of amides is 1. The highest BCUT2D eigenvalue weighted by Crippen LogP contribution is 2.35. The van der Waals surface area contributed by atoms with Crippen LogP contribution in [0.15, 0.2) is 18.2 Å². The number of para-hydroxylation sites is 1. The number of methoxy groups -OCH3 is 1. The first-order valence-electron chi connectivity index (χ1n) is 6.98. The molecule has 6 heteroatoms. The molecule has 21 heavy (non-hydrogen) atoms. The molecule has 5 nitrogen and oxygen atoms in total. The summed E-state index contributed by atoms with van der Waals surface area (Å²) in [6.45, 7) is 2.62. The van der Waals surface area contributed by atoms with Crippen LogP contribution in [-0.2, 0) is 4.79 Å². The van der Waals surface area contributed by atoms with Crippen LogP contribution in [0.2, 0.25) is 0 Å². The number of alkyl halides is 1. The van der Waals surface area contributed by atoms with E-state index in [1.54, 1.807) is 12.0 Å². The number of carbonyl (C=O) groups is 1. The number of fused-ring (bicyclic) bond motifs is 1. The number of halogens is 1. The molecule has 0 aliphatic carbocycles. The standard InChI is InChI=1S/C15H18ClN3O2/c1-9(16)14-17-13-10(5-4-6-12(13)21-3)19(14)11-7-8-18(2)15(11)20/h4-6,9,11H,7-8H2,1-3H3. The minimum atomic E-state index is -0.277. The maximum Gasteiger partial charge on any atom is 0.245 e. The first kappa shape index (κ1) is 14.2. The van der Waals surface area contributed by atoms with Crippen LogP contribution in [0.1, 0.15) is 30.6 Å². The summed E-state index contributed by atoms with van der Waals surface area (Å²) in [6.07, 6.45) is 0.772. The molecule has 0 spiro atoms. The second-order valence-corrected chi connectivity index (χ2v) is 6.00. The Kier molecular flexibility index (Phi) is 3.53. The van der Waals surface area contributed by atoms with Crippen molar-refractivity contribution in [3.8, 4) is 5.75 Å². The molecule has 112 valence electrons. The lowest BCUT2D eigenvalue weighted by atomic mass is 10.2. The van der Waals surface area contributed by atoms with Gasteiger partial charge in [-0.05, 0) is 25.5 Å². The van der Waals surface area contributed by atoms with Crippen LogP contribution >= 0.6 is 11.6 Å². The maximum absolute atomic E-state index is 12.4. The zero-order valence-electron chi connectivity index (χ0n) is 12.3. The second kappa shape index (κ2) is 5.22. The minimum absolute atomic E-state index is 0.107. The third-order valence-electron chi connectivity index (χ3n) is 4.00. The van der Waals surface area contributed by atoms with Gasteiger partial charge in [0.25, 0.3) is 0 Å². The van der Waals surface area contributed by atoms with Gasteiger partial charge < -0.3 is 14.2 Å². The van der Waals surface area contributed by atoms with Crippen molar-refractivity contribution in [1.29, 1.82) is 0 Å². The van der Waals surface area contributed by atoms with Crippen LogP contribution in [0.3, 0.4) is 0 Å². The quantitative estimate of drug-likeness (QED) is 0.819. The number of hydrogen-bond donors (Lipinski definition) is 0. The third kappa shape index (κ3) is 2.16. The van der Waals surface area contributed by atoms with E-state index in [0.29, 0.717) is 11.6 Å². The van der Waals surface area contributed by atoms with Crippen LogP contribution < -0.4 is 4.74 Å². The van der Waals surface area contributed by atoms with Gasteiger partial charge in [-0.1, -0.05) is 6.07 Å². The van der Waals surface area contributed by atoms with E-state index in [4.69, 9.17) is 16.3 Å². The van der Waals surface area contributed by atoms with Crippen LogP contribution in [0.5, 0.6) is 5.75 Å². The summed E-state index contributed by atoms with van der Waals surface area (Å²) in [4.78, 5) is 18.8. The number of carbonyl (C=O) groups excluding carboxylic acids is 1. The van der Waals surface area contributed by atoms with Gasteiger partial charge in [0, 0.05) is 13.6 Å². The largest absolute Gasteiger partial charge is 0.494 e. The Balaban J connectivity index is 2.24. The number of likely N-dealkylation sites (N-methyl/N-ethyl adjacent to an activating group) is 1. The van der Waals surface area contributed by atoms with Gasteiger partial charge in [-0.25, -0.2) is 4.98 Å². The van der Waals surface area contributed by atoms with E-state index in [-0.39, 0.29) is 17.3 Å². The monoisotopic (exact) mass is 307 g/mol. The van der Waals surface area contributed by atoms with Gasteiger partial charge in [0.2, 0.25) is 5.91 Å². The molecule has 2 heterocycles. The summed E-state index contributed by atoms with van der Waals surface area (Å²) < 4.78 is 7.35. The van der Waals surface area contributed by atoms with Gasteiger partial charge in [-0.3, -0.25) is 4.79 Å². The number of likely N-dealkylation sites (tertiary alicyclic amines) is 1. The van der Waals surface area contributed by atoms with Gasteiger partial charge in [-0.15, -0.1) is 11.6 Å². The molecule has 1 aliphatic heterocycles. The zero-order chi connectivity index (χ0) is 15.1. The fraction of sp³-hybridized carbons (Fsp3) is 0.467. The summed E-state index contributed by atoms with van der Waals surface area (Å²) in [5.41, 5.74) is 1.65. The predicted molar refractivity (Wildman–Crippen MR) is 81.8 cm³/mol. The van der Waals surface area contributed by atoms with Gasteiger partial charge in [0.15, 0.2) is 0 Å². The van der Waals surface area contributed by atoms with E-state index >= 15 is 0 Å². The Morgan fingerprint density at radius 2 is 2.24 bits per heavy atom. The minimum Gasteiger partial charge on any atom is -0.494 e. The van der Waals surface area contributed by atoms with E-state index in [1.807, 2.05) is 36.7 Å². The lowest BCUT2D eigenvalue weighted by molar-refractivity contribution is -0.129. The van der Waals surface area contributed by atoms with Gasteiger partial charge in [0.1, 0.15) is 23.1 Å². The van der Waals surface area contributed by atoms with Gasteiger partial charge >= 0.3 is 0 Å². The molecule has 0 bridgehead atoms. The highest BCUT2D eigenvalue weighted by atomic mass is 35.5. The van der Waals surface area contributed by atoms with Gasteiger partial charge in [0.05, 0.1) is 18.0 Å². The molecule has 2 aromatic rings. The van der Waals surface area contributed by atoms with Crippen molar-refractivity contribution in [1.82, 2.24) is 14.5 Å². The van der Waals surface area contributed by atoms with E-state index in [9.17, 15) is 4.79 Å². The molecule has 1 aromatic heterocycles. The van der Waals surface area contributed by atoms with Crippen molar-refractivity contribution >= 4 is 28.5 Å². The molecule has 1 aromatic carbocycles. The van der Waals surface area contributed by atoms with Crippen LogP contribution in [0, 0.1) is 0 Å². The van der Waals surface area contributed by atoms with E-state index in [2.05, 4.69) is 4.98 Å². The van der Waals surface area contributed by atoms with Crippen molar-refractivity contribution in [2.75, 3.05) is 20.7 Å². The number of hydrogen-bond acceptors (Lipinski definition) is 3. The Hall–Kier alpha value is -1.75. The Morgan fingerprint density at radius 3 is 2.81 bits per heavy atom. The average Bonchev–Trinajstić information content (AvgIpc) is 3.00. The number of benzene rings is 1. The average molecular weight is 308 g/mol. The molecule has 1 aliphatic rings. The third-order valence-corrected chi connectivity index (χ3v) is 4.19. The number of imidazole rings is 1. The van der Waals surface area contributed by atoms with E-state index in [0.717, 1.165) is 24.0 Å². The smallest absolute Gasteiger partial charge is 0.245 e. The molecule has 2 atom stereocenters. The highest BCUT2D eigenvalue weighted by molar-refractivity contribution is 6.20. The summed E-state index contributed by atoms with van der Waals surface area (Å²) in [6, 6.07) is 5.50. The van der Waals surface area contributed by atoms with Crippen LogP contribution in [0.25, 0.3) is 11.0 Å². The topological polar surface area (TPSA) is 47.4 Å². The molecule has 0 N–H and O–H groups in total. The summed E-state index contributed by atoms with van der Waals surface area (Å²) in [7, 11) is 3.44. The van der Waals surface area contributed by atoms with Gasteiger partial charge in [-0.2, -0.15) is 0 Å². The lowest BCUT2D eigenvalue weighted by Crippen LogP contribution is -2.25. The zero-order valence-corrected chi connectivity index (χ0v) is 13.1. The highest BCUT2D eigenvalue weighted by Gasteiger charge is 2.34. The molecule has 0 saturated carbocycles. The lowest BCUT2D eigenvalue weighted by Gasteiger charge is -2.16. The first-order chi connectivity index (χ1) is 10.0. The van der Waals surface area contributed by atoms with E-state index < -0.39 is 0 Å². The predicted octanol–water partition coefficient (Wildman–Crippen LogP) is 2.75. The SMILES string of the molecule is COc1cccc2c1nc(C(C)Cl)n2C1CCN(C)C1=O. The summed E-state index contributed by atoms with van der Waals surface area (Å²) in [5.74, 6) is 1.52. The molecular weight excluding hydrogens is 290 g/mol. The van der Waals surface area contributed by atoms with Crippen molar-refractivity contribution in [2.45, 2.75) is 24.8 Å². The van der Waals surface area contributed by atoms with Crippen LogP contribution in [0.4, 0.5) is 0 Å². The normalized spacial score (nSPS) is 20.3. The first-order valence-corrected chi connectivity index (χ1v) is 7.42. The summed E-state index contributed by atoms with van der Waals surface area (Å²) in [5, 5.41) is -0.277.